The van der Waals surface area contributed by atoms with Gasteiger partial charge >= 0.3 is 0 Å². The highest BCUT2D eigenvalue weighted by Gasteiger charge is 2.41. The maximum absolute atomic E-state index is 6.38. The minimum absolute atomic E-state index is 0.173. The SMILES string of the molecule is COc1ccccc1[C@@H]1Oc2ccccc2[C@H]2CC(c3cccs3)=NN21. The number of fused-ring (bicyclic) bond motifs is 3. The molecule has 0 N–H and O–H groups in total. The molecule has 0 aliphatic carbocycles. The van der Waals surface area contributed by atoms with E-state index in [4.69, 9.17) is 14.6 Å². The molecule has 0 saturated heterocycles. The van der Waals surface area contributed by atoms with Gasteiger partial charge in [-0.2, -0.15) is 5.10 Å². The van der Waals surface area contributed by atoms with Gasteiger partial charge < -0.3 is 9.47 Å². The summed E-state index contributed by atoms with van der Waals surface area (Å²) in [7, 11) is 1.69. The Morgan fingerprint density at radius 1 is 1.04 bits per heavy atom. The largest absolute Gasteiger partial charge is 0.496 e. The Labute approximate surface area is 156 Å². The van der Waals surface area contributed by atoms with E-state index in [1.54, 1.807) is 18.4 Å². The quantitative estimate of drug-likeness (QED) is 0.658. The molecule has 130 valence electrons. The highest BCUT2D eigenvalue weighted by atomic mass is 32.1. The monoisotopic (exact) mass is 362 g/mol. The molecule has 4 nitrogen and oxygen atoms in total. The van der Waals surface area contributed by atoms with Gasteiger partial charge in [-0.1, -0.05) is 36.4 Å². The van der Waals surface area contributed by atoms with Crippen LogP contribution in [0.4, 0.5) is 0 Å². The van der Waals surface area contributed by atoms with Crippen LogP contribution in [0, 0.1) is 0 Å². The number of hydrogen-bond donors (Lipinski definition) is 0. The smallest absolute Gasteiger partial charge is 0.217 e. The van der Waals surface area contributed by atoms with Gasteiger partial charge in [-0.05, 0) is 29.6 Å². The zero-order valence-electron chi connectivity index (χ0n) is 14.3. The standard InChI is InChI=1S/C21H18N2O2S/c1-24-18-9-4-3-8-15(18)21-23-17(14-7-2-5-10-19(14)25-21)13-16(22-23)20-11-6-12-26-20/h2-12,17,21H,13H2,1H3/t17-,21+/m1/s1. The topological polar surface area (TPSA) is 34.1 Å². The normalized spacial score (nSPS) is 20.8. The Bertz CT molecular complexity index is 968. The molecule has 0 amide bonds. The molecular weight excluding hydrogens is 344 g/mol. The predicted octanol–water partition coefficient (Wildman–Crippen LogP) is 5.00. The first-order valence-electron chi connectivity index (χ1n) is 8.63. The molecule has 3 heterocycles. The second kappa shape index (κ2) is 6.18. The van der Waals surface area contributed by atoms with Crippen molar-refractivity contribution in [2.24, 2.45) is 5.10 Å². The van der Waals surface area contributed by atoms with Gasteiger partial charge in [0.25, 0.3) is 0 Å². The molecule has 2 aromatic carbocycles. The molecule has 1 aromatic heterocycles. The van der Waals surface area contributed by atoms with Crippen LogP contribution >= 0.6 is 11.3 Å². The third-order valence-electron chi connectivity index (χ3n) is 4.91. The maximum atomic E-state index is 6.38. The zero-order valence-corrected chi connectivity index (χ0v) is 15.1. The number of benzene rings is 2. The van der Waals surface area contributed by atoms with Gasteiger partial charge in [-0.25, -0.2) is 5.01 Å². The van der Waals surface area contributed by atoms with Crippen LogP contribution < -0.4 is 9.47 Å². The number of para-hydroxylation sites is 2. The van der Waals surface area contributed by atoms with Crippen LogP contribution in [0.1, 0.15) is 34.7 Å². The number of methoxy groups -OCH3 is 1. The van der Waals surface area contributed by atoms with E-state index in [0.29, 0.717) is 0 Å². The van der Waals surface area contributed by atoms with Crippen LogP contribution in [0.15, 0.2) is 71.1 Å². The first-order chi connectivity index (χ1) is 12.8. The van der Waals surface area contributed by atoms with Crippen LogP contribution in [-0.4, -0.2) is 17.8 Å². The second-order valence-corrected chi connectivity index (χ2v) is 7.32. The van der Waals surface area contributed by atoms with E-state index in [1.807, 2.05) is 36.4 Å². The van der Waals surface area contributed by atoms with Gasteiger partial charge in [0.15, 0.2) is 0 Å². The number of hydrazone groups is 1. The van der Waals surface area contributed by atoms with Crippen molar-refractivity contribution in [3.63, 3.8) is 0 Å². The molecule has 2 aliphatic rings. The summed E-state index contributed by atoms with van der Waals surface area (Å²) in [5.41, 5.74) is 3.30. The van der Waals surface area contributed by atoms with Crippen molar-refractivity contribution in [2.75, 3.05) is 7.11 Å². The highest BCUT2D eigenvalue weighted by Crippen LogP contribution is 2.48. The van der Waals surface area contributed by atoms with Crippen molar-refractivity contribution >= 4 is 17.0 Å². The van der Waals surface area contributed by atoms with Gasteiger partial charge in [-0.15, -0.1) is 11.3 Å². The van der Waals surface area contributed by atoms with E-state index in [0.717, 1.165) is 29.2 Å². The Morgan fingerprint density at radius 2 is 1.85 bits per heavy atom. The molecule has 0 saturated carbocycles. The molecule has 0 spiro atoms. The molecule has 5 rings (SSSR count). The Balaban J connectivity index is 1.63. The Morgan fingerprint density at radius 3 is 2.65 bits per heavy atom. The van der Waals surface area contributed by atoms with Crippen molar-refractivity contribution in [2.45, 2.75) is 18.7 Å². The summed E-state index contributed by atoms with van der Waals surface area (Å²) in [5.74, 6) is 1.74. The Kier molecular flexibility index (Phi) is 3.68. The van der Waals surface area contributed by atoms with Crippen LogP contribution in [0.5, 0.6) is 11.5 Å². The molecule has 0 radical (unpaired) electrons. The van der Waals surface area contributed by atoms with Gasteiger partial charge in [0.1, 0.15) is 11.5 Å². The van der Waals surface area contributed by atoms with Crippen molar-refractivity contribution in [3.8, 4) is 11.5 Å². The summed E-state index contributed by atoms with van der Waals surface area (Å²) >= 11 is 1.73. The van der Waals surface area contributed by atoms with Crippen molar-refractivity contribution in [3.05, 3.63) is 82.0 Å². The van der Waals surface area contributed by atoms with E-state index in [1.165, 1.54) is 10.4 Å². The minimum Gasteiger partial charge on any atom is -0.496 e. The lowest BCUT2D eigenvalue weighted by Gasteiger charge is -2.38. The lowest BCUT2D eigenvalue weighted by atomic mass is 9.97. The second-order valence-electron chi connectivity index (χ2n) is 6.37. The number of thiophene rings is 1. The van der Waals surface area contributed by atoms with E-state index in [-0.39, 0.29) is 12.3 Å². The first-order valence-corrected chi connectivity index (χ1v) is 9.51. The summed E-state index contributed by atoms with van der Waals surface area (Å²) < 4.78 is 12.0. The molecule has 2 atom stereocenters. The summed E-state index contributed by atoms with van der Waals surface area (Å²) in [6, 6.07) is 20.6. The highest BCUT2D eigenvalue weighted by molar-refractivity contribution is 7.12. The van der Waals surface area contributed by atoms with Crippen LogP contribution in [0.25, 0.3) is 0 Å². The number of ether oxygens (including phenoxy) is 2. The van der Waals surface area contributed by atoms with Crippen molar-refractivity contribution < 1.29 is 9.47 Å². The van der Waals surface area contributed by atoms with E-state index in [2.05, 4.69) is 34.7 Å². The van der Waals surface area contributed by atoms with Crippen LogP contribution in [-0.2, 0) is 0 Å². The lowest BCUT2D eigenvalue weighted by Crippen LogP contribution is -2.33. The number of hydrogen-bond acceptors (Lipinski definition) is 5. The molecule has 0 unspecified atom stereocenters. The average Bonchev–Trinajstić information content (AvgIpc) is 3.37. The van der Waals surface area contributed by atoms with Crippen molar-refractivity contribution in [1.29, 1.82) is 0 Å². The molecule has 0 fully saturated rings. The molecule has 0 bridgehead atoms. The molecular formula is C21H18N2O2S. The van der Waals surface area contributed by atoms with E-state index < -0.39 is 0 Å². The summed E-state index contributed by atoms with van der Waals surface area (Å²) in [6.45, 7) is 0. The maximum Gasteiger partial charge on any atom is 0.217 e. The van der Waals surface area contributed by atoms with Crippen molar-refractivity contribution in [1.82, 2.24) is 5.01 Å². The van der Waals surface area contributed by atoms with Crippen LogP contribution in [0.3, 0.4) is 0 Å². The summed E-state index contributed by atoms with van der Waals surface area (Å²) in [6.07, 6.45) is 0.579. The van der Waals surface area contributed by atoms with Gasteiger partial charge in [0, 0.05) is 12.0 Å². The third kappa shape index (κ3) is 2.39. The average molecular weight is 362 g/mol. The minimum atomic E-state index is -0.302. The zero-order chi connectivity index (χ0) is 17.5. The molecule has 2 aliphatic heterocycles. The van der Waals surface area contributed by atoms with Gasteiger partial charge in [0.2, 0.25) is 6.23 Å². The number of nitrogens with zero attached hydrogens (tertiary/aromatic N) is 2. The Hall–Kier alpha value is -2.79. The number of rotatable bonds is 3. The summed E-state index contributed by atoms with van der Waals surface area (Å²) in [4.78, 5) is 1.22. The fraction of sp³-hybridized carbons (Fsp3) is 0.190. The lowest BCUT2D eigenvalue weighted by molar-refractivity contribution is -0.0203. The van der Waals surface area contributed by atoms with Gasteiger partial charge in [-0.3, -0.25) is 0 Å². The fourth-order valence-corrected chi connectivity index (χ4v) is 4.42. The summed E-state index contributed by atoms with van der Waals surface area (Å²) in [5, 5.41) is 9.15. The van der Waals surface area contributed by atoms with Gasteiger partial charge in [0.05, 0.1) is 29.3 Å². The fourth-order valence-electron chi connectivity index (χ4n) is 3.70. The van der Waals surface area contributed by atoms with Crippen LogP contribution in [0.2, 0.25) is 0 Å². The molecule has 3 aromatic rings. The van der Waals surface area contributed by atoms with E-state index >= 15 is 0 Å². The first kappa shape index (κ1) is 15.5. The third-order valence-corrected chi connectivity index (χ3v) is 5.83. The predicted molar refractivity (Wildman–Crippen MR) is 103 cm³/mol. The molecule has 5 heteroatoms. The van der Waals surface area contributed by atoms with E-state index in [9.17, 15) is 0 Å². The molecule has 26 heavy (non-hydrogen) atoms.